The number of hydrogen-bond acceptors (Lipinski definition) is 2. The lowest BCUT2D eigenvalue weighted by molar-refractivity contribution is -0.118. The average molecular weight is 354 g/mol. The highest BCUT2D eigenvalue weighted by Crippen LogP contribution is 2.31. The van der Waals surface area contributed by atoms with Gasteiger partial charge in [-0.05, 0) is 60.7 Å². The van der Waals surface area contributed by atoms with E-state index in [1.54, 1.807) is 12.1 Å². The van der Waals surface area contributed by atoms with E-state index < -0.39 is 5.82 Å². The maximum atomic E-state index is 13.3. The number of halogens is 1. The van der Waals surface area contributed by atoms with Crippen molar-refractivity contribution in [3.63, 3.8) is 0 Å². The van der Waals surface area contributed by atoms with Gasteiger partial charge in [-0.1, -0.05) is 19.9 Å². The number of rotatable bonds is 5. The average Bonchev–Trinajstić information content (AvgIpc) is 2.60. The van der Waals surface area contributed by atoms with Crippen LogP contribution in [0.5, 0.6) is 0 Å². The van der Waals surface area contributed by atoms with E-state index in [9.17, 15) is 14.0 Å². The highest BCUT2D eigenvalue weighted by atomic mass is 19.1. The van der Waals surface area contributed by atoms with E-state index in [1.807, 2.05) is 17.0 Å². The van der Waals surface area contributed by atoms with Crippen LogP contribution in [0.2, 0.25) is 0 Å². The van der Waals surface area contributed by atoms with Crippen molar-refractivity contribution >= 4 is 23.2 Å². The van der Waals surface area contributed by atoms with Crippen molar-refractivity contribution in [2.75, 3.05) is 16.8 Å². The van der Waals surface area contributed by atoms with Crippen molar-refractivity contribution in [2.24, 2.45) is 5.92 Å². The normalized spacial score (nSPS) is 13.7. The molecule has 0 atom stereocenters. The summed E-state index contributed by atoms with van der Waals surface area (Å²) < 4.78 is 13.3. The minimum atomic E-state index is -0.442. The summed E-state index contributed by atoms with van der Waals surface area (Å²) in [5.41, 5.74) is 2.89. The monoisotopic (exact) mass is 354 g/mol. The van der Waals surface area contributed by atoms with Crippen LogP contribution >= 0.6 is 0 Å². The Labute approximate surface area is 153 Å². The van der Waals surface area contributed by atoms with Gasteiger partial charge in [0.1, 0.15) is 5.82 Å². The second-order valence-electron chi connectivity index (χ2n) is 7.04. The third kappa shape index (κ3) is 4.10. The van der Waals surface area contributed by atoms with E-state index in [-0.39, 0.29) is 17.4 Å². The van der Waals surface area contributed by atoms with Gasteiger partial charge in [0.2, 0.25) is 5.91 Å². The predicted molar refractivity (Wildman–Crippen MR) is 101 cm³/mol. The molecular weight excluding hydrogens is 331 g/mol. The first kappa shape index (κ1) is 18.1. The molecule has 0 aliphatic carbocycles. The minimum Gasteiger partial charge on any atom is -0.322 e. The van der Waals surface area contributed by atoms with Crippen molar-refractivity contribution in [1.82, 2.24) is 0 Å². The molecule has 0 unspecified atom stereocenters. The Morgan fingerprint density at radius 1 is 1.19 bits per heavy atom. The molecule has 1 aliphatic heterocycles. The van der Waals surface area contributed by atoms with Crippen LogP contribution in [0.3, 0.4) is 0 Å². The third-order valence-electron chi connectivity index (χ3n) is 4.55. The number of amides is 2. The molecule has 0 spiro atoms. The molecule has 2 aromatic rings. The third-order valence-corrected chi connectivity index (χ3v) is 4.55. The molecule has 2 amide bonds. The number of nitrogens with zero attached hydrogens (tertiary/aromatic N) is 1. The zero-order chi connectivity index (χ0) is 18.7. The fourth-order valence-corrected chi connectivity index (χ4v) is 3.10. The van der Waals surface area contributed by atoms with E-state index in [2.05, 4.69) is 19.2 Å². The zero-order valence-corrected chi connectivity index (χ0v) is 15.1. The van der Waals surface area contributed by atoms with Gasteiger partial charge in [-0.25, -0.2) is 4.39 Å². The highest BCUT2D eigenvalue weighted by molar-refractivity contribution is 6.04. The van der Waals surface area contributed by atoms with Gasteiger partial charge in [0.15, 0.2) is 0 Å². The molecule has 136 valence electrons. The SMILES string of the molecule is CC(C)CCN1C(=O)CCc2cc(NC(=O)c3cccc(F)c3)ccc21. The number of carbonyl (C=O) groups is 2. The van der Waals surface area contributed by atoms with Gasteiger partial charge in [-0.3, -0.25) is 9.59 Å². The molecule has 2 aromatic carbocycles. The summed E-state index contributed by atoms with van der Waals surface area (Å²) in [6.45, 7) is 4.99. The topological polar surface area (TPSA) is 49.4 Å². The Hall–Kier alpha value is -2.69. The summed E-state index contributed by atoms with van der Waals surface area (Å²) in [6, 6.07) is 11.2. The van der Waals surface area contributed by atoms with Gasteiger partial charge in [0.05, 0.1) is 0 Å². The number of carbonyl (C=O) groups excluding carboxylic acids is 2. The van der Waals surface area contributed by atoms with Gasteiger partial charge < -0.3 is 10.2 Å². The standard InChI is InChI=1S/C21H23FN2O2/c1-14(2)10-11-24-19-8-7-18(13-15(19)6-9-20(24)25)23-21(26)16-4-3-5-17(22)12-16/h3-5,7-8,12-14H,6,9-11H2,1-2H3,(H,23,26). The summed E-state index contributed by atoms with van der Waals surface area (Å²) in [7, 11) is 0. The molecule has 0 fully saturated rings. The van der Waals surface area contributed by atoms with E-state index >= 15 is 0 Å². The molecule has 26 heavy (non-hydrogen) atoms. The Morgan fingerprint density at radius 2 is 2.00 bits per heavy atom. The van der Waals surface area contributed by atoms with Crippen molar-refractivity contribution in [2.45, 2.75) is 33.1 Å². The number of nitrogens with one attached hydrogen (secondary N) is 1. The lowest BCUT2D eigenvalue weighted by Crippen LogP contribution is -2.36. The summed E-state index contributed by atoms with van der Waals surface area (Å²) >= 11 is 0. The number of benzene rings is 2. The Kier molecular flexibility index (Phi) is 5.35. The molecule has 5 heteroatoms. The smallest absolute Gasteiger partial charge is 0.255 e. The van der Waals surface area contributed by atoms with Crippen LogP contribution in [0.4, 0.5) is 15.8 Å². The summed E-state index contributed by atoms with van der Waals surface area (Å²) in [6.07, 6.45) is 2.09. The van der Waals surface area contributed by atoms with E-state index in [4.69, 9.17) is 0 Å². The van der Waals surface area contributed by atoms with E-state index in [0.717, 1.165) is 17.7 Å². The Morgan fingerprint density at radius 3 is 2.73 bits per heavy atom. The molecule has 3 rings (SSSR count). The first-order chi connectivity index (χ1) is 12.4. The van der Waals surface area contributed by atoms with Crippen molar-refractivity contribution in [3.05, 3.63) is 59.4 Å². The second-order valence-corrected chi connectivity index (χ2v) is 7.04. The van der Waals surface area contributed by atoms with Gasteiger partial charge in [-0.2, -0.15) is 0 Å². The fourth-order valence-electron chi connectivity index (χ4n) is 3.10. The van der Waals surface area contributed by atoms with Crippen molar-refractivity contribution in [1.29, 1.82) is 0 Å². The zero-order valence-electron chi connectivity index (χ0n) is 15.1. The number of hydrogen-bond donors (Lipinski definition) is 1. The maximum absolute atomic E-state index is 13.3. The van der Waals surface area contributed by atoms with Crippen LogP contribution in [0.25, 0.3) is 0 Å². The molecule has 1 N–H and O–H groups in total. The van der Waals surface area contributed by atoms with E-state index in [0.29, 0.717) is 31.0 Å². The van der Waals surface area contributed by atoms with Gasteiger partial charge in [0.25, 0.3) is 5.91 Å². The van der Waals surface area contributed by atoms with Crippen LogP contribution in [-0.2, 0) is 11.2 Å². The molecule has 0 saturated heterocycles. The largest absolute Gasteiger partial charge is 0.322 e. The van der Waals surface area contributed by atoms with Crippen molar-refractivity contribution in [3.8, 4) is 0 Å². The first-order valence-corrected chi connectivity index (χ1v) is 8.94. The minimum absolute atomic E-state index is 0.148. The second kappa shape index (κ2) is 7.68. The maximum Gasteiger partial charge on any atom is 0.255 e. The first-order valence-electron chi connectivity index (χ1n) is 8.94. The lowest BCUT2D eigenvalue weighted by Gasteiger charge is -2.30. The molecule has 0 bridgehead atoms. The Balaban J connectivity index is 1.78. The van der Waals surface area contributed by atoms with E-state index in [1.165, 1.54) is 18.2 Å². The van der Waals surface area contributed by atoms with Crippen LogP contribution < -0.4 is 10.2 Å². The van der Waals surface area contributed by atoms with Crippen LogP contribution in [0, 0.1) is 11.7 Å². The van der Waals surface area contributed by atoms with Crippen LogP contribution in [0.1, 0.15) is 42.6 Å². The van der Waals surface area contributed by atoms with Crippen LogP contribution in [0.15, 0.2) is 42.5 Å². The van der Waals surface area contributed by atoms with Crippen LogP contribution in [-0.4, -0.2) is 18.4 Å². The van der Waals surface area contributed by atoms with Crippen molar-refractivity contribution < 1.29 is 14.0 Å². The van der Waals surface area contributed by atoms with Gasteiger partial charge >= 0.3 is 0 Å². The quantitative estimate of drug-likeness (QED) is 0.865. The fraction of sp³-hybridized carbons (Fsp3) is 0.333. The molecule has 0 aromatic heterocycles. The summed E-state index contributed by atoms with van der Waals surface area (Å²) in [5, 5.41) is 2.80. The number of aryl methyl sites for hydroxylation is 1. The lowest BCUT2D eigenvalue weighted by atomic mass is 9.99. The Bertz CT molecular complexity index is 833. The molecule has 0 radical (unpaired) electrons. The highest BCUT2D eigenvalue weighted by Gasteiger charge is 2.24. The summed E-state index contributed by atoms with van der Waals surface area (Å²) in [5.74, 6) is -0.122. The van der Waals surface area contributed by atoms with Gasteiger partial charge in [0, 0.05) is 29.9 Å². The molecule has 1 aliphatic rings. The van der Waals surface area contributed by atoms with Gasteiger partial charge in [-0.15, -0.1) is 0 Å². The molecule has 0 saturated carbocycles. The number of anilines is 2. The molecular formula is C21H23FN2O2. The predicted octanol–water partition coefficient (Wildman–Crippen LogP) is 4.40. The molecule has 1 heterocycles. The summed E-state index contributed by atoms with van der Waals surface area (Å²) in [4.78, 5) is 26.4. The molecule has 4 nitrogen and oxygen atoms in total. The number of fused-ring (bicyclic) bond motifs is 1.